The van der Waals surface area contributed by atoms with E-state index in [9.17, 15) is 0 Å². The van der Waals surface area contributed by atoms with Crippen LogP contribution in [0.1, 0.15) is 35.7 Å². The third kappa shape index (κ3) is 4.55. The van der Waals surface area contributed by atoms with Gasteiger partial charge in [-0.15, -0.1) is 11.3 Å². The molecule has 0 bridgehead atoms. The predicted octanol–water partition coefficient (Wildman–Crippen LogP) is 3.80. The van der Waals surface area contributed by atoms with Crippen molar-refractivity contribution in [2.75, 3.05) is 25.5 Å². The quantitative estimate of drug-likeness (QED) is 0.843. The Morgan fingerprint density at radius 1 is 1.33 bits per heavy atom. The second-order valence-electron chi connectivity index (χ2n) is 5.58. The minimum atomic E-state index is 0.329. The lowest BCUT2D eigenvalue weighted by Gasteiger charge is -2.20. The molecule has 0 fully saturated rings. The molecule has 2 aromatic rings. The van der Waals surface area contributed by atoms with Crippen molar-refractivity contribution < 1.29 is 0 Å². The van der Waals surface area contributed by atoms with Crippen molar-refractivity contribution in [1.29, 1.82) is 0 Å². The van der Waals surface area contributed by atoms with E-state index in [4.69, 9.17) is 0 Å². The molecule has 3 nitrogen and oxygen atoms in total. The summed E-state index contributed by atoms with van der Waals surface area (Å²) in [6.07, 6.45) is 2.09. The highest BCUT2D eigenvalue weighted by Gasteiger charge is 2.14. The average Bonchev–Trinajstić information content (AvgIpc) is 2.89. The third-order valence-corrected chi connectivity index (χ3v) is 4.46. The molecule has 1 unspecified atom stereocenters. The lowest BCUT2D eigenvalue weighted by molar-refractivity contribution is 0.528. The van der Waals surface area contributed by atoms with Gasteiger partial charge in [-0.3, -0.25) is 0 Å². The first-order chi connectivity index (χ1) is 10.1. The van der Waals surface area contributed by atoms with Crippen LogP contribution in [0, 0.1) is 6.92 Å². The Labute approximate surface area is 132 Å². The summed E-state index contributed by atoms with van der Waals surface area (Å²) < 4.78 is 0. The standard InChI is InChI=1S/C17H25N3S/c1-5-9-18-16(11-17-19-13(2)12-21-17)14-7-6-8-15(10-14)20(3)4/h6-8,10,12,16,18H,5,9,11H2,1-4H3. The monoisotopic (exact) mass is 303 g/mol. The Bertz CT molecular complexity index is 563. The number of anilines is 1. The molecule has 0 aliphatic rings. The van der Waals surface area contributed by atoms with Crippen molar-refractivity contribution in [3.05, 3.63) is 45.9 Å². The fourth-order valence-electron chi connectivity index (χ4n) is 2.32. The number of nitrogens with zero attached hydrogens (tertiary/aromatic N) is 2. The van der Waals surface area contributed by atoms with E-state index in [0.29, 0.717) is 6.04 Å². The maximum Gasteiger partial charge on any atom is 0.0947 e. The fourth-order valence-corrected chi connectivity index (χ4v) is 3.14. The van der Waals surface area contributed by atoms with E-state index in [1.165, 1.54) is 16.3 Å². The molecule has 0 aliphatic carbocycles. The largest absolute Gasteiger partial charge is 0.378 e. The second-order valence-corrected chi connectivity index (χ2v) is 6.53. The van der Waals surface area contributed by atoms with Gasteiger partial charge >= 0.3 is 0 Å². The highest BCUT2D eigenvalue weighted by atomic mass is 32.1. The molecule has 0 radical (unpaired) electrons. The van der Waals surface area contributed by atoms with Crippen LogP contribution in [-0.4, -0.2) is 25.6 Å². The summed E-state index contributed by atoms with van der Waals surface area (Å²) in [5, 5.41) is 6.99. The molecule has 1 N–H and O–H groups in total. The molecule has 0 spiro atoms. The van der Waals surface area contributed by atoms with Crippen molar-refractivity contribution in [3.63, 3.8) is 0 Å². The number of hydrogen-bond acceptors (Lipinski definition) is 4. The van der Waals surface area contributed by atoms with Crippen LogP contribution in [-0.2, 0) is 6.42 Å². The summed E-state index contributed by atoms with van der Waals surface area (Å²) in [6, 6.07) is 9.09. The van der Waals surface area contributed by atoms with Crippen LogP contribution in [0.4, 0.5) is 5.69 Å². The van der Waals surface area contributed by atoms with E-state index in [1.54, 1.807) is 11.3 Å². The number of thiazole rings is 1. The zero-order chi connectivity index (χ0) is 15.2. The smallest absolute Gasteiger partial charge is 0.0947 e. The molecule has 0 amide bonds. The number of rotatable bonds is 7. The predicted molar refractivity (Wildman–Crippen MR) is 92.4 cm³/mol. The number of hydrogen-bond donors (Lipinski definition) is 1. The molecule has 1 heterocycles. The Morgan fingerprint density at radius 2 is 2.14 bits per heavy atom. The van der Waals surface area contributed by atoms with Gasteiger partial charge in [-0.1, -0.05) is 19.1 Å². The normalized spacial score (nSPS) is 12.4. The molecule has 4 heteroatoms. The topological polar surface area (TPSA) is 28.2 Å². The van der Waals surface area contributed by atoms with Gasteiger partial charge in [0.05, 0.1) is 5.01 Å². The summed E-state index contributed by atoms with van der Waals surface area (Å²) in [6.45, 7) is 5.29. The zero-order valence-electron chi connectivity index (χ0n) is 13.4. The molecule has 0 saturated heterocycles. The van der Waals surface area contributed by atoms with Crippen LogP contribution < -0.4 is 10.2 Å². The number of benzene rings is 1. The van der Waals surface area contributed by atoms with E-state index in [0.717, 1.165) is 25.1 Å². The molecular weight excluding hydrogens is 278 g/mol. The summed E-state index contributed by atoms with van der Waals surface area (Å²) in [5.74, 6) is 0. The van der Waals surface area contributed by atoms with Crippen molar-refractivity contribution in [2.24, 2.45) is 0 Å². The van der Waals surface area contributed by atoms with Crippen molar-refractivity contribution in [1.82, 2.24) is 10.3 Å². The van der Waals surface area contributed by atoms with Gasteiger partial charge in [0.2, 0.25) is 0 Å². The molecule has 1 aromatic heterocycles. The summed E-state index contributed by atoms with van der Waals surface area (Å²) in [5.41, 5.74) is 3.69. The van der Waals surface area contributed by atoms with Gasteiger partial charge in [0.1, 0.15) is 0 Å². The highest BCUT2D eigenvalue weighted by molar-refractivity contribution is 7.09. The zero-order valence-corrected chi connectivity index (χ0v) is 14.2. The van der Waals surface area contributed by atoms with E-state index >= 15 is 0 Å². The first-order valence-electron chi connectivity index (χ1n) is 7.51. The van der Waals surface area contributed by atoms with Gasteiger partial charge in [-0.05, 0) is 37.6 Å². The van der Waals surface area contributed by atoms with Gasteiger partial charge in [-0.2, -0.15) is 0 Å². The van der Waals surface area contributed by atoms with Crippen LogP contribution in [0.25, 0.3) is 0 Å². The fraction of sp³-hybridized carbons (Fsp3) is 0.471. The van der Waals surface area contributed by atoms with Gasteiger partial charge in [0.15, 0.2) is 0 Å². The minimum absolute atomic E-state index is 0.329. The van der Waals surface area contributed by atoms with Crippen LogP contribution >= 0.6 is 11.3 Å². The Hall–Kier alpha value is -1.39. The summed E-state index contributed by atoms with van der Waals surface area (Å²) in [7, 11) is 4.16. The van der Waals surface area contributed by atoms with Gasteiger partial charge in [0.25, 0.3) is 0 Å². The van der Waals surface area contributed by atoms with Crippen LogP contribution in [0.3, 0.4) is 0 Å². The van der Waals surface area contributed by atoms with Crippen molar-refractivity contribution in [2.45, 2.75) is 32.7 Å². The highest BCUT2D eigenvalue weighted by Crippen LogP contribution is 2.24. The van der Waals surface area contributed by atoms with Crippen molar-refractivity contribution in [3.8, 4) is 0 Å². The second kappa shape index (κ2) is 7.57. The first kappa shape index (κ1) is 16.0. The molecule has 2 rings (SSSR count). The molecule has 21 heavy (non-hydrogen) atoms. The Morgan fingerprint density at radius 3 is 2.76 bits per heavy atom. The minimum Gasteiger partial charge on any atom is -0.378 e. The molecule has 1 aromatic carbocycles. The SMILES string of the molecule is CCCNC(Cc1nc(C)cs1)c1cccc(N(C)C)c1. The van der Waals surface area contributed by atoms with E-state index in [2.05, 4.69) is 72.8 Å². The van der Waals surface area contributed by atoms with E-state index in [1.807, 2.05) is 0 Å². The molecular formula is C17H25N3S. The average molecular weight is 303 g/mol. The van der Waals surface area contributed by atoms with Gasteiger partial charge in [-0.25, -0.2) is 4.98 Å². The summed E-state index contributed by atoms with van der Waals surface area (Å²) in [4.78, 5) is 6.76. The van der Waals surface area contributed by atoms with Crippen LogP contribution in [0.15, 0.2) is 29.6 Å². The third-order valence-electron chi connectivity index (χ3n) is 3.48. The van der Waals surface area contributed by atoms with E-state index < -0.39 is 0 Å². The number of nitrogens with one attached hydrogen (secondary N) is 1. The maximum atomic E-state index is 4.61. The number of aromatic nitrogens is 1. The Balaban J connectivity index is 2.20. The van der Waals surface area contributed by atoms with E-state index in [-0.39, 0.29) is 0 Å². The Kier molecular flexibility index (Phi) is 5.76. The summed E-state index contributed by atoms with van der Waals surface area (Å²) >= 11 is 1.75. The molecule has 0 aliphatic heterocycles. The van der Waals surface area contributed by atoms with Crippen molar-refractivity contribution >= 4 is 17.0 Å². The van der Waals surface area contributed by atoms with Gasteiger partial charge < -0.3 is 10.2 Å². The van der Waals surface area contributed by atoms with Crippen LogP contribution in [0.5, 0.6) is 0 Å². The lowest BCUT2D eigenvalue weighted by atomic mass is 10.0. The molecule has 114 valence electrons. The van der Waals surface area contributed by atoms with Gasteiger partial charge in [0, 0.05) is 43.3 Å². The molecule has 0 saturated carbocycles. The molecule has 1 atom stereocenters. The van der Waals surface area contributed by atoms with Crippen LogP contribution in [0.2, 0.25) is 0 Å². The first-order valence-corrected chi connectivity index (χ1v) is 8.39. The number of aryl methyl sites for hydroxylation is 1. The maximum absolute atomic E-state index is 4.61. The lowest BCUT2D eigenvalue weighted by Crippen LogP contribution is -2.24.